The highest BCUT2D eigenvalue weighted by Crippen LogP contribution is 2.17. The summed E-state index contributed by atoms with van der Waals surface area (Å²) in [4.78, 5) is 0. The lowest BCUT2D eigenvalue weighted by molar-refractivity contribution is 0.910. The molecule has 0 aliphatic rings. The first-order chi connectivity index (χ1) is 12.8. The Bertz CT molecular complexity index is 837. The Kier molecular flexibility index (Phi) is 7.39. The number of hydrogen-bond acceptors (Lipinski definition) is 2. The van der Waals surface area contributed by atoms with Crippen LogP contribution in [0.15, 0.2) is 78.9 Å². The van der Waals surface area contributed by atoms with Crippen molar-refractivity contribution in [2.45, 2.75) is 33.7 Å². The monoisotopic (exact) mass is 358 g/mol. The third-order valence-corrected chi connectivity index (χ3v) is 4.42. The van der Waals surface area contributed by atoms with Crippen molar-refractivity contribution in [2.75, 3.05) is 0 Å². The second-order valence-electron chi connectivity index (χ2n) is 7.08. The van der Waals surface area contributed by atoms with Gasteiger partial charge in [-0.3, -0.25) is 0 Å². The van der Waals surface area contributed by atoms with Gasteiger partial charge in [0.15, 0.2) is 0 Å². The number of hydrogen-bond donors (Lipinski definition) is 2. The zero-order chi connectivity index (χ0) is 19.8. The Morgan fingerprint density at radius 2 is 0.963 bits per heavy atom. The van der Waals surface area contributed by atoms with Crippen LogP contribution in [-0.4, -0.2) is 0 Å². The van der Waals surface area contributed by atoms with Crippen LogP contribution in [0.3, 0.4) is 0 Å². The van der Waals surface area contributed by atoms with E-state index in [-0.39, 0.29) is 6.04 Å². The van der Waals surface area contributed by atoms with Gasteiger partial charge in [-0.15, -0.1) is 0 Å². The summed E-state index contributed by atoms with van der Waals surface area (Å²) in [6.07, 6.45) is 1.90. The molecule has 1 atom stereocenters. The zero-order valence-corrected chi connectivity index (χ0v) is 16.7. The fourth-order valence-electron chi connectivity index (χ4n) is 2.56. The molecule has 0 radical (unpaired) electrons. The van der Waals surface area contributed by atoms with Crippen LogP contribution in [0.2, 0.25) is 0 Å². The predicted molar refractivity (Wildman–Crippen MR) is 117 cm³/mol. The summed E-state index contributed by atoms with van der Waals surface area (Å²) in [5.74, 6) is 0. The fourth-order valence-corrected chi connectivity index (χ4v) is 2.56. The minimum Gasteiger partial charge on any atom is -0.398 e. The van der Waals surface area contributed by atoms with Gasteiger partial charge in [-0.1, -0.05) is 95.1 Å². The van der Waals surface area contributed by atoms with E-state index in [2.05, 4.69) is 64.1 Å². The second-order valence-corrected chi connectivity index (χ2v) is 7.08. The molecule has 0 bridgehead atoms. The van der Waals surface area contributed by atoms with E-state index in [9.17, 15) is 0 Å². The molecule has 3 aromatic carbocycles. The van der Waals surface area contributed by atoms with E-state index in [1.54, 1.807) is 0 Å². The lowest BCUT2D eigenvalue weighted by atomic mass is 10.0. The van der Waals surface area contributed by atoms with Gasteiger partial charge >= 0.3 is 0 Å². The van der Waals surface area contributed by atoms with Crippen molar-refractivity contribution >= 4 is 5.70 Å². The average molecular weight is 359 g/mol. The number of rotatable bonds is 3. The topological polar surface area (TPSA) is 52.0 Å². The first-order valence-corrected chi connectivity index (χ1v) is 9.25. The van der Waals surface area contributed by atoms with Gasteiger partial charge in [-0.25, -0.2) is 0 Å². The molecule has 4 N–H and O–H groups in total. The molecule has 1 unspecified atom stereocenters. The highest BCUT2D eigenvalue weighted by Gasteiger charge is 2.04. The van der Waals surface area contributed by atoms with Crippen LogP contribution in [0.1, 0.15) is 39.4 Å². The summed E-state index contributed by atoms with van der Waals surface area (Å²) in [6, 6.07) is 24.6. The average Bonchev–Trinajstić information content (AvgIpc) is 2.65. The molecule has 2 nitrogen and oxygen atoms in total. The van der Waals surface area contributed by atoms with Gasteiger partial charge in [0.1, 0.15) is 0 Å². The van der Waals surface area contributed by atoms with Crippen molar-refractivity contribution in [2.24, 2.45) is 11.5 Å². The largest absolute Gasteiger partial charge is 0.398 e. The summed E-state index contributed by atoms with van der Waals surface area (Å²) < 4.78 is 0. The first kappa shape index (κ1) is 20.5. The molecular weight excluding hydrogens is 328 g/mol. The van der Waals surface area contributed by atoms with Crippen molar-refractivity contribution in [1.82, 2.24) is 0 Å². The summed E-state index contributed by atoms with van der Waals surface area (Å²) >= 11 is 0. The smallest absolute Gasteiger partial charge is 0.0504 e. The number of nitrogens with two attached hydrogens (primary N) is 2. The van der Waals surface area contributed by atoms with Crippen LogP contribution in [-0.2, 0) is 0 Å². The Morgan fingerprint density at radius 3 is 1.37 bits per heavy atom. The molecule has 0 spiro atoms. The first-order valence-electron chi connectivity index (χ1n) is 9.25. The highest BCUT2D eigenvalue weighted by atomic mass is 14.6. The van der Waals surface area contributed by atoms with Gasteiger partial charge < -0.3 is 11.5 Å². The molecule has 2 heteroatoms. The maximum atomic E-state index is 6.16. The van der Waals surface area contributed by atoms with Gasteiger partial charge in [0.05, 0.1) is 6.04 Å². The zero-order valence-electron chi connectivity index (χ0n) is 16.7. The van der Waals surface area contributed by atoms with Crippen molar-refractivity contribution in [3.05, 3.63) is 112 Å². The minimum atomic E-state index is -0.179. The standard InChI is InChI=1S/C17H20N2.C8H10/c1-12-3-7-14(8-4-12)16(18)11-17(19)15-9-5-13(2)6-10-15;1-7-3-5-8(2)6-4-7/h3-11,16H,18-19H2,1-2H3;3-6H,1-2H3/b17-11-;. The van der Waals surface area contributed by atoms with Crippen LogP contribution >= 0.6 is 0 Å². The predicted octanol–water partition coefficient (Wildman–Crippen LogP) is 5.61. The molecule has 3 rings (SSSR count). The van der Waals surface area contributed by atoms with Crippen molar-refractivity contribution in [3.63, 3.8) is 0 Å². The van der Waals surface area contributed by atoms with Gasteiger partial charge in [-0.2, -0.15) is 0 Å². The van der Waals surface area contributed by atoms with E-state index in [0.29, 0.717) is 5.70 Å². The maximum absolute atomic E-state index is 6.16. The Balaban J connectivity index is 0.000000273. The van der Waals surface area contributed by atoms with Gasteiger partial charge in [0, 0.05) is 5.70 Å². The van der Waals surface area contributed by atoms with Crippen LogP contribution in [0.4, 0.5) is 0 Å². The fraction of sp³-hybridized carbons (Fsp3) is 0.200. The summed E-state index contributed by atoms with van der Waals surface area (Å²) in [7, 11) is 0. The molecule has 140 valence electrons. The molecule has 27 heavy (non-hydrogen) atoms. The molecule has 0 aliphatic heterocycles. The van der Waals surface area contributed by atoms with E-state index < -0.39 is 0 Å². The van der Waals surface area contributed by atoms with E-state index in [1.807, 2.05) is 42.5 Å². The van der Waals surface area contributed by atoms with E-state index >= 15 is 0 Å². The summed E-state index contributed by atoms with van der Waals surface area (Å²) in [6.45, 7) is 8.31. The molecule has 0 amide bonds. The Hall–Kier alpha value is -2.84. The van der Waals surface area contributed by atoms with E-state index in [0.717, 1.165) is 11.1 Å². The highest BCUT2D eigenvalue weighted by molar-refractivity contribution is 5.63. The lowest BCUT2D eigenvalue weighted by Gasteiger charge is -2.10. The number of benzene rings is 3. The van der Waals surface area contributed by atoms with E-state index in [1.165, 1.54) is 22.3 Å². The molecular formula is C25H30N2. The third kappa shape index (κ3) is 6.76. The van der Waals surface area contributed by atoms with Crippen molar-refractivity contribution < 1.29 is 0 Å². The molecule has 0 heterocycles. The van der Waals surface area contributed by atoms with Crippen LogP contribution in [0.25, 0.3) is 5.70 Å². The SMILES string of the molecule is Cc1ccc(/C(N)=C/C(N)c2ccc(C)cc2)cc1.Cc1ccc(C)cc1. The lowest BCUT2D eigenvalue weighted by Crippen LogP contribution is -2.10. The second kappa shape index (κ2) is 9.75. The van der Waals surface area contributed by atoms with E-state index in [4.69, 9.17) is 11.5 Å². The summed E-state index contributed by atoms with van der Waals surface area (Å²) in [5.41, 5.74) is 20.2. The van der Waals surface area contributed by atoms with Crippen LogP contribution in [0.5, 0.6) is 0 Å². The van der Waals surface area contributed by atoms with Crippen LogP contribution in [0, 0.1) is 27.7 Å². The molecule has 0 saturated carbocycles. The molecule has 0 aliphatic carbocycles. The minimum absolute atomic E-state index is 0.179. The van der Waals surface area contributed by atoms with Crippen molar-refractivity contribution in [1.29, 1.82) is 0 Å². The van der Waals surface area contributed by atoms with Crippen molar-refractivity contribution in [3.8, 4) is 0 Å². The molecule has 3 aromatic rings. The Labute approximate surface area is 163 Å². The quantitative estimate of drug-likeness (QED) is 0.639. The maximum Gasteiger partial charge on any atom is 0.0504 e. The van der Waals surface area contributed by atoms with Gasteiger partial charge in [0.25, 0.3) is 0 Å². The molecule has 0 fully saturated rings. The normalized spacial score (nSPS) is 12.1. The third-order valence-electron chi connectivity index (χ3n) is 4.42. The number of aryl methyl sites for hydroxylation is 4. The molecule has 0 saturated heterocycles. The summed E-state index contributed by atoms with van der Waals surface area (Å²) in [5, 5.41) is 0. The van der Waals surface area contributed by atoms with Gasteiger partial charge in [0.2, 0.25) is 0 Å². The Morgan fingerprint density at radius 1 is 0.630 bits per heavy atom. The van der Waals surface area contributed by atoms with Gasteiger partial charge in [-0.05, 0) is 44.9 Å². The molecule has 0 aromatic heterocycles. The van der Waals surface area contributed by atoms with Crippen LogP contribution < -0.4 is 11.5 Å².